The fourth-order valence-corrected chi connectivity index (χ4v) is 5.53. The summed E-state index contributed by atoms with van der Waals surface area (Å²) in [6, 6.07) is 5.86. The van der Waals surface area contributed by atoms with E-state index in [4.69, 9.17) is 13.9 Å². The number of ether oxygens (including phenoxy) is 2. The maximum absolute atomic E-state index is 13.7. The van der Waals surface area contributed by atoms with E-state index in [0.29, 0.717) is 30.6 Å². The predicted molar refractivity (Wildman–Crippen MR) is 155 cm³/mol. The fraction of sp³-hybridized carbons (Fsp3) is 0.548. The van der Waals surface area contributed by atoms with Crippen molar-refractivity contribution in [2.75, 3.05) is 0 Å². The second-order valence-corrected chi connectivity index (χ2v) is 16.5. The number of amides is 1. The van der Waals surface area contributed by atoms with Gasteiger partial charge in [0.05, 0.1) is 12.2 Å². The van der Waals surface area contributed by atoms with E-state index in [0.717, 1.165) is 31.2 Å². The molecule has 6 nitrogen and oxygen atoms in total. The zero-order valence-electron chi connectivity index (χ0n) is 23.9. The average molecular weight is 540 g/mol. The molecule has 38 heavy (non-hydrogen) atoms. The Morgan fingerprint density at radius 3 is 2.66 bits per heavy atom. The van der Waals surface area contributed by atoms with Crippen LogP contribution >= 0.6 is 0 Å². The van der Waals surface area contributed by atoms with Crippen LogP contribution in [-0.4, -0.2) is 38.5 Å². The third-order valence-electron chi connectivity index (χ3n) is 7.65. The molecule has 1 amide bonds. The molecule has 0 spiro atoms. The zero-order valence-corrected chi connectivity index (χ0v) is 24.9. The Hall–Kier alpha value is -2.64. The van der Waals surface area contributed by atoms with Crippen LogP contribution < -0.4 is 9.74 Å². The number of benzene rings is 1. The Morgan fingerprint density at radius 2 is 1.92 bits per heavy atom. The summed E-state index contributed by atoms with van der Waals surface area (Å²) in [4.78, 5) is 25.7. The molecule has 7 heteroatoms. The third kappa shape index (κ3) is 8.43. The predicted octanol–water partition coefficient (Wildman–Crippen LogP) is 7.02. The molecule has 3 atom stereocenters. The monoisotopic (exact) mass is 539 g/mol. The van der Waals surface area contributed by atoms with Crippen LogP contribution in [-0.2, 0) is 20.7 Å². The van der Waals surface area contributed by atoms with Gasteiger partial charge in [-0.1, -0.05) is 64.1 Å². The zero-order chi connectivity index (χ0) is 27.8. The minimum Gasteiger partial charge on any atom is -0.543 e. The summed E-state index contributed by atoms with van der Waals surface area (Å²) in [5.41, 5.74) is 1.45. The number of cyclic esters (lactones) is 1. The molecule has 1 N–H and O–H groups in total. The Morgan fingerprint density at radius 1 is 1.16 bits per heavy atom. The molecule has 1 aromatic carbocycles. The molecule has 0 aliphatic carbocycles. The smallest absolute Gasteiger partial charge is 0.342 e. The molecule has 1 aromatic rings. The lowest BCUT2D eigenvalue weighted by Gasteiger charge is -2.38. The van der Waals surface area contributed by atoms with Crippen molar-refractivity contribution in [3.05, 3.63) is 65.9 Å². The highest BCUT2D eigenvalue weighted by Gasteiger charge is 2.40. The highest BCUT2D eigenvalue weighted by atomic mass is 28.4. The lowest BCUT2D eigenvalue weighted by Crippen LogP contribution is -2.44. The summed E-state index contributed by atoms with van der Waals surface area (Å²) >= 11 is 0. The first-order valence-corrected chi connectivity index (χ1v) is 16.9. The van der Waals surface area contributed by atoms with Crippen molar-refractivity contribution in [2.45, 2.75) is 109 Å². The lowest BCUT2D eigenvalue weighted by molar-refractivity contribution is -0.115. The number of carbonyl (C=O) groups is 2. The fourth-order valence-electron chi connectivity index (χ4n) is 4.50. The second-order valence-electron chi connectivity index (χ2n) is 11.8. The van der Waals surface area contributed by atoms with Crippen molar-refractivity contribution in [3.63, 3.8) is 0 Å². The van der Waals surface area contributed by atoms with Gasteiger partial charge in [0, 0.05) is 25.1 Å². The Balaban J connectivity index is 1.81. The van der Waals surface area contributed by atoms with E-state index in [1.54, 1.807) is 12.3 Å². The van der Waals surface area contributed by atoms with Crippen molar-refractivity contribution >= 4 is 20.2 Å². The third-order valence-corrected chi connectivity index (χ3v) is 12.0. The first kappa shape index (κ1) is 29.9. The molecule has 3 rings (SSSR count). The largest absolute Gasteiger partial charge is 0.543 e. The topological polar surface area (TPSA) is 73.9 Å². The van der Waals surface area contributed by atoms with Crippen molar-refractivity contribution in [2.24, 2.45) is 0 Å². The summed E-state index contributed by atoms with van der Waals surface area (Å²) < 4.78 is 19.2. The Bertz CT molecular complexity index is 1050. The van der Waals surface area contributed by atoms with Gasteiger partial charge < -0.3 is 19.2 Å². The van der Waals surface area contributed by atoms with Gasteiger partial charge in [-0.3, -0.25) is 4.79 Å². The van der Waals surface area contributed by atoms with Crippen molar-refractivity contribution in [1.82, 2.24) is 5.32 Å². The molecule has 0 aromatic heterocycles. The van der Waals surface area contributed by atoms with Gasteiger partial charge in [-0.2, -0.15) is 0 Å². The van der Waals surface area contributed by atoms with Gasteiger partial charge >= 0.3 is 5.97 Å². The molecule has 2 aliphatic heterocycles. The lowest BCUT2D eigenvalue weighted by atomic mass is 9.92. The van der Waals surface area contributed by atoms with Gasteiger partial charge in [0.2, 0.25) is 5.91 Å². The minimum atomic E-state index is -2.18. The molecule has 2 aliphatic rings. The molecule has 2 heterocycles. The number of fused-ring (bicyclic) bond motifs is 3. The summed E-state index contributed by atoms with van der Waals surface area (Å²) in [7, 11) is -2.18. The number of carbonyl (C=O) groups excluding carboxylic acids is 2. The number of esters is 1. The summed E-state index contributed by atoms with van der Waals surface area (Å²) in [5, 5.41) is 2.74. The summed E-state index contributed by atoms with van der Waals surface area (Å²) in [6.07, 6.45) is 16.0. The average Bonchev–Trinajstić information content (AvgIpc) is 2.83. The van der Waals surface area contributed by atoms with Gasteiger partial charge in [-0.25, -0.2) is 4.79 Å². The van der Waals surface area contributed by atoms with Gasteiger partial charge in [0.25, 0.3) is 8.32 Å². The van der Waals surface area contributed by atoms with Crippen LogP contribution in [0.5, 0.6) is 5.75 Å². The van der Waals surface area contributed by atoms with E-state index >= 15 is 0 Å². The number of hydrogen-bond donors (Lipinski definition) is 1. The highest BCUT2D eigenvalue weighted by Crippen LogP contribution is 2.40. The first-order valence-electron chi connectivity index (χ1n) is 14.0. The number of rotatable bonds is 8. The van der Waals surface area contributed by atoms with Gasteiger partial charge in [0.15, 0.2) is 0 Å². The Labute approximate surface area is 229 Å². The van der Waals surface area contributed by atoms with Crippen LogP contribution in [0.25, 0.3) is 0 Å². The van der Waals surface area contributed by atoms with Crippen LogP contribution in [0.1, 0.15) is 82.1 Å². The Kier molecular flexibility index (Phi) is 10.6. The first-order chi connectivity index (χ1) is 18.0. The molecule has 0 saturated carbocycles. The van der Waals surface area contributed by atoms with Crippen LogP contribution in [0, 0.1) is 0 Å². The molecular weight excluding hydrogens is 494 g/mol. The van der Waals surface area contributed by atoms with E-state index in [1.807, 2.05) is 43.4 Å². The van der Waals surface area contributed by atoms with Gasteiger partial charge in [0.1, 0.15) is 17.4 Å². The second kappa shape index (κ2) is 13.4. The quantitative estimate of drug-likeness (QED) is 0.166. The van der Waals surface area contributed by atoms with Crippen LogP contribution in [0.15, 0.2) is 54.8 Å². The maximum Gasteiger partial charge on any atom is 0.342 e. The van der Waals surface area contributed by atoms with E-state index in [9.17, 15) is 9.59 Å². The SMILES string of the molecule is CC/C=C\C=C/C(=O)N/C=C/C[C@H]1C[C@H]2CCC[C@H](Cc3cccc(O[Si](C)(C)C(C)(C)C)c3C(=O)O1)O2. The van der Waals surface area contributed by atoms with Gasteiger partial charge in [-0.05, 0) is 61.9 Å². The minimum absolute atomic E-state index is 0.00540. The molecule has 1 saturated heterocycles. The van der Waals surface area contributed by atoms with Crippen LogP contribution in [0.2, 0.25) is 18.1 Å². The van der Waals surface area contributed by atoms with Crippen molar-refractivity contribution < 1.29 is 23.5 Å². The maximum atomic E-state index is 13.7. The van der Waals surface area contributed by atoms with Crippen molar-refractivity contribution in [1.29, 1.82) is 0 Å². The summed E-state index contributed by atoms with van der Waals surface area (Å²) in [5.74, 6) is 0.0598. The molecule has 208 valence electrons. The molecular formula is C31H45NO5Si. The standard InChI is InChI=1S/C31H45NO5Si/c1-7-8-9-10-19-28(33)32-20-13-17-26-22-25-16-12-15-24(35-25)21-23-14-11-18-27(29(23)30(34)36-26)37-38(5,6)31(2,3)4/h8-11,13-14,18-20,24-26H,7,12,15-17,21-22H2,1-6H3,(H,32,33)/b9-8-,19-10-,20-13+/t24-,25-,26+/m1/s1. The molecule has 2 bridgehead atoms. The number of nitrogens with one attached hydrogen (secondary N) is 1. The van der Waals surface area contributed by atoms with Crippen molar-refractivity contribution in [3.8, 4) is 5.75 Å². The van der Waals surface area contributed by atoms with Crippen LogP contribution in [0.4, 0.5) is 0 Å². The molecule has 0 radical (unpaired) electrons. The van der Waals surface area contributed by atoms with Gasteiger partial charge in [-0.15, -0.1) is 0 Å². The van der Waals surface area contributed by atoms with E-state index < -0.39 is 8.32 Å². The summed E-state index contributed by atoms with van der Waals surface area (Å²) in [6.45, 7) is 13.0. The molecule has 1 fully saturated rings. The molecule has 0 unspecified atom stereocenters. The normalized spacial score (nSPS) is 22.9. The number of allylic oxidation sites excluding steroid dienone is 3. The van der Waals surface area contributed by atoms with E-state index in [2.05, 4.69) is 39.2 Å². The van der Waals surface area contributed by atoms with E-state index in [-0.39, 0.29) is 35.2 Å². The van der Waals surface area contributed by atoms with E-state index in [1.165, 1.54) is 6.08 Å². The highest BCUT2D eigenvalue weighted by molar-refractivity contribution is 6.74. The van der Waals surface area contributed by atoms with Crippen LogP contribution in [0.3, 0.4) is 0 Å². The number of hydrogen-bond acceptors (Lipinski definition) is 5.